The molecule has 0 aliphatic rings. The number of quaternary nitrogens is 1. The molecule has 0 radical (unpaired) electrons. The van der Waals surface area contributed by atoms with Crippen molar-refractivity contribution < 1.29 is 42.9 Å². The molecule has 0 aliphatic carbocycles. The number of carbonyl (C=O) groups is 3. The third-order valence-electron chi connectivity index (χ3n) is 7.84. The number of hydrogen-bond donors (Lipinski definition) is 1. The van der Waals surface area contributed by atoms with Crippen LogP contribution in [0.25, 0.3) is 0 Å². The van der Waals surface area contributed by atoms with E-state index in [0.29, 0.717) is 30.3 Å². The van der Waals surface area contributed by atoms with Gasteiger partial charge < -0.3 is 28.5 Å². The molecule has 0 saturated heterocycles. The number of carboxylic acid groups (broad SMARTS) is 1. The first-order chi connectivity index (χ1) is 26.6. The monoisotopic (exact) mass is 769 g/mol. The molecular weight excluding hydrogens is 695 g/mol. The van der Waals surface area contributed by atoms with E-state index >= 15 is 0 Å². The summed E-state index contributed by atoms with van der Waals surface area (Å²) in [6.07, 6.45) is 44.8. The van der Waals surface area contributed by atoms with E-state index in [-0.39, 0.29) is 32.7 Å². The van der Waals surface area contributed by atoms with E-state index in [2.05, 4.69) is 105 Å². The summed E-state index contributed by atoms with van der Waals surface area (Å²) in [6, 6.07) is 0. The van der Waals surface area contributed by atoms with Gasteiger partial charge >= 0.3 is 17.9 Å². The number of likely N-dealkylation sites (N-methyl/N-ethyl adjacent to an activating group) is 1. The Morgan fingerprint density at radius 2 is 1.00 bits per heavy atom. The summed E-state index contributed by atoms with van der Waals surface area (Å²) in [5, 5.41) is 9.60. The predicted molar refractivity (Wildman–Crippen MR) is 225 cm³/mol. The molecule has 2 atom stereocenters. The van der Waals surface area contributed by atoms with Crippen LogP contribution in [0.2, 0.25) is 0 Å². The van der Waals surface area contributed by atoms with Crippen LogP contribution in [-0.2, 0) is 33.3 Å². The molecule has 0 bridgehead atoms. The van der Waals surface area contributed by atoms with Gasteiger partial charge in [-0.25, -0.2) is 4.79 Å². The molecule has 9 heteroatoms. The van der Waals surface area contributed by atoms with E-state index in [1.165, 1.54) is 0 Å². The first kappa shape index (κ1) is 51.2. The van der Waals surface area contributed by atoms with Gasteiger partial charge in [0.25, 0.3) is 6.29 Å². The number of esters is 2. The Hall–Kier alpha value is -3.79. The van der Waals surface area contributed by atoms with Crippen LogP contribution in [-0.4, -0.2) is 87.4 Å². The minimum absolute atomic E-state index is 0.166. The van der Waals surface area contributed by atoms with Gasteiger partial charge in [-0.15, -0.1) is 0 Å². The van der Waals surface area contributed by atoms with Gasteiger partial charge in [0.2, 0.25) is 0 Å². The number of aliphatic carboxylic acids is 1. The highest BCUT2D eigenvalue weighted by molar-refractivity contribution is 5.71. The van der Waals surface area contributed by atoms with Gasteiger partial charge in [0.15, 0.2) is 6.10 Å². The second kappa shape index (κ2) is 37.1. The number of nitrogens with zero attached hydrogens (tertiary/aromatic N) is 1. The third kappa shape index (κ3) is 38.3. The molecule has 0 aromatic carbocycles. The van der Waals surface area contributed by atoms with Crippen LogP contribution in [0.3, 0.4) is 0 Å². The van der Waals surface area contributed by atoms with Crippen molar-refractivity contribution in [3.63, 3.8) is 0 Å². The first-order valence-corrected chi connectivity index (χ1v) is 20.4. The molecule has 0 heterocycles. The van der Waals surface area contributed by atoms with Crippen LogP contribution in [0.5, 0.6) is 0 Å². The highest BCUT2D eigenvalue weighted by Crippen LogP contribution is 2.09. The maximum absolute atomic E-state index is 12.7. The van der Waals surface area contributed by atoms with Crippen molar-refractivity contribution in [3.8, 4) is 0 Å². The topological polar surface area (TPSA) is 108 Å². The van der Waals surface area contributed by atoms with Gasteiger partial charge in [0.05, 0.1) is 34.4 Å². The van der Waals surface area contributed by atoms with E-state index in [1.807, 2.05) is 27.2 Å². The Morgan fingerprint density at radius 1 is 0.545 bits per heavy atom. The minimum atomic E-state index is -1.54. The van der Waals surface area contributed by atoms with E-state index in [4.69, 9.17) is 18.9 Å². The van der Waals surface area contributed by atoms with E-state index in [1.54, 1.807) is 0 Å². The highest BCUT2D eigenvalue weighted by atomic mass is 16.7. The molecule has 0 aromatic heterocycles. The number of hydrogen-bond acceptors (Lipinski definition) is 7. The number of ether oxygens (including phenoxy) is 4. The summed E-state index contributed by atoms with van der Waals surface area (Å²) in [4.78, 5) is 37.0. The molecule has 310 valence electrons. The van der Waals surface area contributed by atoms with E-state index in [9.17, 15) is 19.5 Å². The van der Waals surface area contributed by atoms with Gasteiger partial charge in [0.1, 0.15) is 13.2 Å². The number of allylic oxidation sites excluding steroid dienone is 16. The van der Waals surface area contributed by atoms with Gasteiger partial charge in [-0.3, -0.25) is 9.59 Å². The lowest BCUT2D eigenvalue weighted by Crippen LogP contribution is -2.40. The van der Waals surface area contributed by atoms with Crippen molar-refractivity contribution in [2.75, 3.05) is 47.5 Å². The smallest absolute Gasteiger partial charge is 0.361 e. The molecule has 55 heavy (non-hydrogen) atoms. The number of unbranched alkanes of at least 4 members (excludes halogenated alkanes) is 4. The third-order valence-corrected chi connectivity index (χ3v) is 7.84. The van der Waals surface area contributed by atoms with Gasteiger partial charge in [-0.2, -0.15) is 0 Å². The fourth-order valence-corrected chi connectivity index (χ4v) is 4.71. The molecule has 0 amide bonds. The minimum Gasteiger partial charge on any atom is -0.477 e. The lowest BCUT2D eigenvalue weighted by molar-refractivity contribution is -0.870. The molecule has 0 aromatic rings. The van der Waals surface area contributed by atoms with E-state index in [0.717, 1.165) is 70.6 Å². The molecule has 0 fully saturated rings. The molecule has 2 unspecified atom stereocenters. The fourth-order valence-electron chi connectivity index (χ4n) is 4.71. The van der Waals surface area contributed by atoms with Crippen molar-refractivity contribution in [3.05, 3.63) is 97.2 Å². The van der Waals surface area contributed by atoms with Crippen LogP contribution in [0.1, 0.15) is 117 Å². The van der Waals surface area contributed by atoms with Gasteiger partial charge in [-0.05, 0) is 83.5 Å². The molecule has 0 aliphatic heterocycles. The van der Waals surface area contributed by atoms with Gasteiger partial charge in [-0.1, -0.05) is 117 Å². The predicted octanol–water partition coefficient (Wildman–Crippen LogP) is 10.3. The van der Waals surface area contributed by atoms with Crippen molar-refractivity contribution in [1.82, 2.24) is 0 Å². The Labute approximate surface area is 333 Å². The van der Waals surface area contributed by atoms with Crippen molar-refractivity contribution >= 4 is 17.9 Å². The number of rotatable bonds is 35. The fraction of sp³-hybridized carbons (Fsp3) is 0.587. The largest absolute Gasteiger partial charge is 0.477 e. The number of carbonyl (C=O) groups excluding carboxylic acids is 2. The summed E-state index contributed by atoms with van der Waals surface area (Å²) in [5.41, 5.74) is 0. The molecule has 0 spiro atoms. The summed E-state index contributed by atoms with van der Waals surface area (Å²) in [6.45, 7) is 4.49. The average Bonchev–Trinajstić information content (AvgIpc) is 3.14. The lowest BCUT2D eigenvalue weighted by Gasteiger charge is -2.25. The SMILES string of the molecule is CC/C=C\C/C=C\C/C=C\C/C=C\C/C=C\CCCC(=O)OC(COC(=O)CCCCC/C=C\C/C=C\C/C=C\CC)COC(OCC[N+](C)(C)C)C(=O)O. The molecule has 0 rings (SSSR count). The number of carboxylic acids is 1. The Balaban J connectivity index is 4.68. The zero-order valence-electron chi connectivity index (χ0n) is 34.8. The maximum Gasteiger partial charge on any atom is 0.361 e. The van der Waals surface area contributed by atoms with Crippen LogP contribution in [0, 0.1) is 0 Å². The van der Waals surface area contributed by atoms with Gasteiger partial charge in [0, 0.05) is 12.8 Å². The van der Waals surface area contributed by atoms with Crippen molar-refractivity contribution in [2.45, 2.75) is 129 Å². The second-order valence-electron chi connectivity index (χ2n) is 14.2. The van der Waals surface area contributed by atoms with Crippen LogP contribution in [0.15, 0.2) is 97.2 Å². The van der Waals surface area contributed by atoms with Crippen LogP contribution < -0.4 is 0 Å². The molecule has 9 nitrogen and oxygen atoms in total. The second-order valence-corrected chi connectivity index (χ2v) is 14.2. The first-order valence-electron chi connectivity index (χ1n) is 20.4. The zero-order valence-corrected chi connectivity index (χ0v) is 34.8. The summed E-state index contributed by atoms with van der Waals surface area (Å²) in [7, 11) is 5.91. The lowest BCUT2D eigenvalue weighted by atomic mass is 10.1. The average molecular weight is 769 g/mol. The molecular formula is C46H74NO8+. The zero-order chi connectivity index (χ0) is 40.7. The summed E-state index contributed by atoms with van der Waals surface area (Å²) < 4.78 is 22.5. The molecule has 1 N–H and O–H groups in total. The highest BCUT2D eigenvalue weighted by Gasteiger charge is 2.25. The van der Waals surface area contributed by atoms with Crippen LogP contribution in [0.4, 0.5) is 0 Å². The Bertz CT molecular complexity index is 1220. The Morgan fingerprint density at radius 3 is 1.47 bits per heavy atom. The normalized spacial score (nSPS) is 14.0. The van der Waals surface area contributed by atoms with Crippen LogP contribution >= 0.6 is 0 Å². The quantitative estimate of drug-likeness (QED) is 0.0223. The summed E-state index contributed by atoms with van der Waals surface area (Å²) in [5.74, 6) is -2.15. The molecule has 0 saturated carbocycles. The Kier molecular flexibility index (Phi) is 34.6. The van der Waals surface area contributed by atoms with Crippen molar-refractivity contribution in [1.29, 1.82) is 0 Å². The standard InChI is InChI=1S/C46H73NO8/c1-6-8-10-12-14-16-18-20-21-22-23-25-27-29-31-33-35-37-44(49)55-42(41-54-46(45(50)51)52-39-38-47(3,4)5)40-53-43(48)36-34-32-30-28-26-24-19-17-15-13-11-9-7-2/h8-11,14-17,20-21,23-26,29,31,42,46H,6-7,12-13,18-19,22,27-28,30,32-41H2,1-5H3/p+1/b10-8-,11-9-,16-14-,17-15-,21-20-,25-23-,26-24-,31-29-. The summed E-state index contributed by atoms with van der Waals surface area (Å²) >= 11 is 0. The maximum atomic E-state index is 12.7. The van der Waals surface area contributed by atoms with E-state index < -0.39 is 30.3 Å². The van der Waals surface area contributed by atoms with Crippen molar-refractivity contribution in [2.24, 2.45) is 0 Å².